The monoisotopic (exact) mass is 610 g/mol. The Kier molecular flexibility index (Phi) is 13.5. The standard InChI is InChI=1S/C29H46N6O.C4H4O4/c1-5-11-24-22-26(32-27(30-24)29(2,3)4)34-20-18-33(19-21-34)15-9-10-16-35-17-14-25(31-28(35)36)23-12-7-6-8-13-23;5-3(6)1-2-4(7)8/h14,17,22-23H,5-13,15-16,18-21H2,1-4H3;1-2H,(H,5,6)(H,7,8). The molecule has 2 fully saturated rings. The number of aromatic nitrogens is 4. The number of hydrogen-bond acceptors (Lipinski definition) is 8. The summed E-state index contributed by atoms with van der Waals surface area (Å²) in [4.78, 5) is 50.8. The number of carboxylic acid groups (broad SMARTS) is 2. The van der Waals surface area contributed by atoms with E-state index >= 15 is 0 Å². The minimum atomic E-state index is -1.26. The number of nitrogens with zero attached hydrogens (tertiary/aromatic N) is 6. The lowest BCUT2D eigenvalue weighted by Crippen LogP contribution is -2.47. The molecule has 1 aliphatic carbocycles. The number of carboxylic acids is 2. The molecule has 11 nitrogen and oxygen atoms in total. The molecule has 11 heteroatoms. The van der Waals surface area contributed by atoms with Crippen LogP contribution in [0.15, 0.2) is 35.3 Å². The van der Waals surface area contributed by atoms with E-state index < -0.39 is 11.9 Å². The number of rotatable bonds is 11. The summed E-state index contributed by atoms with van der Waals surface area (Å²) in [6.45, 7) is 14.7. The molecule has 1 saturated carbocycles. The third-order valence-corrected chi connectivity index (χ3v) is 8.05. The molecule has 0 amide bonds. The molecule has 0 aromatic carbocycles. The maximum Gasteiger partial charge on any atom is 0.347 e. The van der Waals surface area contributed by atoms with Gasteiger partial charge in [-0.05, 0) is 44.7 Å². The summed E-state index contributed by atoms with van der Waals surface area (Å²) in [6.07, 6.45) is 13.5. The van der Waals surface area contributed by atoms with Crippen molar-refractivity contribution < 1.29 is 19.8 Å². The Morgan fingerprint density at radius 2 is 1.57 bits per heavy atom. The van der Waals surface area contributed by atoms with Crippen LogP contribution in [0, 0.1) is 0 Å². The zero-order valence-electron chi connectivity index (χ0n) is 26.9. The van der Waals surface area contributed by atoms with Crippen LogP contribution in [-0.2, 0) is 28.0 Å². The van der Waals surface area contributed by atoms with E-state index in [1.165, 1.54) is 32.1 Å². The second kappa shape index (κ2) is 17.0. The largest absolute Gasteiger partial charge is 0.478 e. The van der Waals surface area contributed by atoms with Crippen molar-refractivity contribution in [3.63, 3.8) is 0 Å². The average molecular weight is 611 g/mol. The number of aliphatic carboxylic acids is 2. The quantitative estimate of drug-likeness (QED) is 0.273. The summed E-state index contributed by atoms with van der Waals surface area (Å²) in [5.41, 5.74) is 2.04. The Morgan fingerprint density at radius 3 is 2.14 bits per heavy atom. The highest BCUT2D eigenvalue weighted by atomic mass is 16.4. The number of unbranched alkanes of at least 4 members (excludes halogenated alkanes) is 1. The zero-order valence-corrected chi connectivity index (χ0v) is 26.9. The van der Waals surface area contributed by atoms with E-state index in [1.807, 2.05) is 6.20 Å². The number of hydrogen-bond donors (Lipinski definition) is 2. The SMILES string of the molecule is CCCc1cc(N2CCN(CCCCn3ccc(C4CCCCC4)nc3=O)CC2)nc(C(C)(C)C)n1.O=C(O)C=CC(=O)O. The van der Waals surface area contributed by atoms with Gasteiger partial charge in [-0.3, -0.25) is 9.47 Å². The summed E-state index contributed by atoms with van der Waals surface area (Å²) in [7, 11) is 0. The van der Waals surface area contributed by atoms with Crippen molar-refractivity contribution in [2.45, 2.75) is 103 Å². The maximum absolute atomic E-state index is 12.5. The molecule has 4 rings (SSSR count). The molecule has 1 saturated heterocycles. The number of piperazine rings is 1. The Hall–Kier alpha value is -3.60. The van der Waals surface area contributed by atoms with Gasteiger partial charge in [0.1, 0.15) is 11.6 Å². The lowest BCUT2D eigenvalue weighted by atomic mass is 9.87. The first kappa shape index (κ1) is 34.9. The van der Waals surface area contributed by atoms with Gasteiger partial charge >= 0.3 is 17.6 Å². The highest BCUT2D eigenvalue weighted by molar-refractivity contribution is 5.89. The molecule has 0 atom stereocenters. The lowest BCUT2D eigenvalue weighted by molar-refractivity contribution is -0.134. The van der Waals surface area contributed by atoms with Crippen LogP contribution >= 0.6 is 0 Å². The predicted octanol–water partition coefficient (Wildman–Crippen LogP) is 4.65. The first-order chi connectivity index (χ1) is 21.0. The van der Waals surface area contributed by atoms with Gasteiger partial charge in [-0.25, -0.2) is 24.4 Å². The van der Waals surface area contributed by atoms with Crippen molar-refractivity contribution in [1.82, 2.24) is 24.4 Å². The van der Waals surface area contributed by atoms with E-state index in [4.69, 9.17) is 20.2 Å². The van der Waals surface area contributed by atoms with Crippen LogP contribution in [0.3, 0.4) is 0 Å². The van der Waals surface area contributed by atoms with E-state index in [9.17, 15) is 14.4 Å². The Labute approximate surface area is 261 Å². The van der Waals surface area contributed by atoms with Crippen molar-refractivity contribution in [2.24, 2.45) is 0 Å². The van der Waals surface area contributed by atoms with E-state index in [2.05, 4.69) is 54.6 Å². The first-order valence-electron chi connectivity index (χ1n) is 16.0. The van der Waals surface area contributed by atoms with Crippen molar-refractivity contribution in [3.8, 4) is 0 Å². The van der Waals surface area contributed by atoms with Crippen molar-refractivity contribution in [3.05, 3.63) is 58.2 Å². The molecule has 2 aromatic rings. The number of aryl methyl sites for hydroxylation is 2. The second-order valence-electron chi connectivity index (χ2n) is 12.8. The molecule has 0 unspecified atom stereocenters. The fraction of sp³-hybridized carbons (Fsp3) is 0.636. The van der Waals surface area contributed by atoms with Gasteiger partial charge in [0, 0.05) is 74.2 Å². The van der Waals surface area contributed by atoms with E-state index in [1.54, 1.807) is 4.57 Å². The Morgan fingerprint density at radius 1 is 0.932 bits per heavy atom. The lowest BCUT2D eigenvalue weighted by Gasteiger charge is -2.36. The van der Waals surface area contributed by atoms with Gasteiger partial charge in [0.2, 0.25) is 0 Å². The third-order valence-electron chi connectivity index (χ3n) is 8.05. The highest BCUT2D eigenvalue weighted by Gasteiger charge is 2.23. The number of carbonyl (C=O) groups is 2. The van der Waals surface area contributed by atoms with Crippen molar-refractivity contribution in [1.29, 1.82) is 0 Å². The van der Waals surface area contributed by atoms with Crippen LogP contribution in [-0.4, -0.2) is 79.3 Å². The summed E-state index contributed by atoms with van der Waals surface area (Å²) < 4.78 is 1.79. The first-order valence-corrected chi connectivity index (χ1v) is 16.0. The second-order valence-corrected chi connectivity index (χ2v) is 12.8. The third kappa shape index (κ3) is 11.5. The normalized spacial score (nSPS) is 16.5. The summed E-state index contributed by atoms with van der Waals surface area (Å²) in [6, 6.07) is 4.28. The van der Waals surface area contributed by atoms with Crippen molar-refractivity contribution >= 4 is 17.8 Å². The molecular formula is C33H50N6O5. The van der Waals surface area contributed by atoms with Crippen LogP contribution < -0.4 is 10.6 Å². The molecule has 0 bridgehead atoms. The molecule has 0 radical (unpaired) electrons. The molecule has 2 aromatic heterocycles. The van der Waals surface area contributed by atoms with Crippen LogP contribution in [0.2, 0.25) is 0 Å². The summed E-state index contributed by atoms with van der Waals surface area (Å²) >= 11 is 0. The number of anilines is 1. The van der Waals surface area contributed by atoms with Crippen LogP contribution in [0.4, 0.5) is 5.82 Å². The van der Waals surface area contributed by atoms with Gasteiger partial charge in [-0.2, -0.15) is 4.98 Å². The minimum absolute atomic E-state index is 0.0476. The Bertz CT molecular complexity index is 1290. The van der Waals surface area contributed by atoms with Crippen LogP contribution in [0.1, 0.15) is 102 Å². The molecule has 2 N–H and O–H groups in total. The van der Waals surface area contributed by atoms with E-state index in [-0.39, 0.29) is 11.1 Å². The highest BCUT2D eigenvalue weighted by Crippen LogP contribution is 2.30. The average Bonchev–Trinajstić information content (AvgIpc) is 2.99. The molecule has 1 aliphatic heterocycles. The summed E-state index contributed by atoms with van der Waals surface area (Å²) in [5, 5.41) is 15.6. The van der Waals surface area contributed by atoms with E-state index in [0.717, 1.165) is 88.0 Å². The fourth-order valence-electron chi connectivity index (χ4n) is 5.56. The minimum Gasteiger partial charge on any atom is -0.478 e. The van der Waals surface area contributed by atoms with Crippen molar-refractivity contribution in [2.75, 3.05) is 37.6 Å². The van der Waals surface area contributed by atoms with Gasteiger partial charge < -0.3 is 15.1 Å². The predicted molar refractivity (Wildman–Crippen MR) is 171 cm³/mol. The van der Waals surface area contributed by atoms with Crippen LogP contribution in [0.5, 0.6) is 0 Å². The smallest absolute Gasteiger partial charge is 0.347 e. The molecule has 242 valence electrons. The molecule has 3 heterocycles. The van der Waals surface area contributed by atoms with Gasteiger partial charge in [0.05, 0.1) is 5.69 Å². The fourth-order valence-corrected chi connectivity index (χ4v) is 5.56. The topological polar surface area (TPSA) is 142 Å². The zero-order chi connectivity index (χ0) is 32.1. The van der Waals surface area contributed by atoms with Gasteiger partial charge in [-0.15, -0.1) is 0 Å². The van der Waals surface area contributed by atoms with Gasteiger partial charge in [0.25, 0.3) is 0 Å². The van der Waals surface area contributed by atoms with Gasteiger partial charge in [-0.1, -0.05) is 53.4 Å². The van der Waals surface area contributed by atoms with Gasteiger partial charge in [0.15, 0.2) is 0 Å². The molecule has 0 spiro atoms. The van der Waals surface area contributed by atoms with E-state index in [0.29, 0.717) is 18.1 Å². The van der Waals surface area contributed by atoms with Crippen LogP contribution in [0.25, 0.3) is 0 Å². The molecule has 44 heavy (non-hydrogen) atoms. The maximum atomic E-state index is 12.5. The molecular weight excluding hydrogens is 560 g/mol. The Balaban J connectivity index is 0.000000583. The molecule has 2 aliphatic rings. The summed E-state index contributed by atoms with van der Waals surface area (Å²) in [5.74, 6) is 0.00385.